The van der Waals surface area contributed by atoms with Gasteiger partial charge in [-0.25, -0.2) is 13.4 Å². The molecule has 1 amide bonds. The van der Waals surface area contributed by atoms with Crippen molar-refractivity contribution in [3.8, 4) is 0 Å². The third-order valence-electron chi connectivity index (χ3n) is 2.26. The second kappa shape index (κ2) is 4.54. The zero-order chi connectivity index (χ0) is 13.3. The van der Waals surface area contributed by atoms with Gasteiger partial charge in [-0.05, 0) is 18.2 Å². The van der Waals surface area contributed by atoms with E-state index in [9.17, 15) is 13.2 Å². The van der Waals surface area contributed by atoms with E-state index in [1.54, 1.807) is 18.2 Å². The van der Waals surface area contributed by atoms with Crippen molar-refractivity contribution < 1.29 is 13.2 Å². The molecule has 0 atom stereocenters. The Morgan fingerprint density at radius 3 is 2.89 bits per heavy atom. The van der Waals surface area contributed by atoms with E-state index < -0.39 is 21.5 Å². The predicted molar refractivity (Wildman–Crippen MR) is 70.2 cm³/mol. The molecule has 0 saturated heterocycles. The number of nitrogens with one attached hydrogen (secondary N) is 1. The zero-order valence-corrected chi connectivity index (χ0v) is 11.1. The summed E-state index contributed by atoms with van der Waals surface area (Å²) in [7, 11) is -2.31. The molecule has 0 bridgehead atoms. The molecule has 1 aromatic carbocycles. The molecule has 1 heterocycles. The number of benzene rings is 1. The van der Waals surface area contributed by atoms with Crippen LogP contribution in [0.4, 0.5) is 5.69 Å². The van der Waals surface area contributed by atoms with E-state index in [1.165, 1.54) is 7.05 Å². The lowest BCUT2D eigenvalue weighted by molar-refractivity contribution is -0.118. The van der Waals surface area contributed by atoms with Gasteiger partial charge in [0.25, 0.3) is 0 Å². The van der Waals surface area contributed by atoms with Crippen molar-refractivity contribution >= 4 is 43.0 Å². The van der Waals surface area contributed by atoms with Crippen LogP contribution in [-0.4, -0.2) is 32.1 Å². The lowest BCUT2D eigenvalue weighted by Gasteiger charge is -1.98. The van der Waals surface area contributed by atoms with Gasteiger partial charge in [-0.1, -0.05) is 0 Å². The summed E-state index contributed by atoms with van der Waals surface area (Å²) in [5.41, 5.74) is 6.71. The van der Waals surface area contributed by atoms with Gasteiger partial charge in [0.05, 0.1) is 10.2 Å². The summed E-state index contributed by atoms with van der Waals surface area (Å²) in [4.78, 5) is 15.1. The van der Waals surface area contributed by atoms with E-state index in [1.807, 2.05) is 0 Å². The van der Waals surface area contributed by atoms with Crippen LogP contribution in [0.5, 0.6) is 0 Å². The number of thiazole rings is 1. The largest absolute Gasteiger partial charge is 0.399 e. The summed E-state index contributed by atoms with van der Waals surface area (Å²) in [6, 6.07) is 4.96. The fraction of sp³-hybridized carbons (Fsp3) is 0.200. The van der Waals surface area contributed by atoms with Crippen LogP contribution in [0, 0.1) is 0 Å². The maximum absolute atomic E-state index is 11.9. The minimum Gasteiger partial charge on any atom is -0.399 e. The Labute approximate surface area is 108 Å². The molecule has 96 valence electrons. The van der Waals surface area contributed by atoms with Crippen LogP contribution in [0.15, 0.2) is 22.5 Å². The highest BCUT2D eigenvalue weighted by Gasteiger charge is 2.22. The summed E-state index contributed by atoms with van der Waals surface area (Å²) in [5.74, 6) is -1.16. The first kappa shape index (κ1) is 12.8. The highest BCUT2D eigenvalue weighted by Crippen LogP contribution is 2.27. The van der Waals surface area contributed by atoms with Crippen LogP contribution >= 0.6 is 11.3 Å². The monoisotopic (exact) mass is 285 g/mol. The molecule has 18 heavy (non-hydrogen) atoms. The van der Waals surface area contributed by atoms with E-state index in [4.69, 9.17) is 5.73 Å². The van der Waals surface area contributed by atoms with Crippen molar-refractivity contribution in [2.24, 2.45) is 0 Å². The van der Waals surface area contributed by atoms with Crippen LogP contribution in [0.1, 0.15) is 0 Å². The number of hydrogen-bond acceptors (Lipinski definition) is 6. The first-order valence-electron chi connectivity index (χ1n) is 5.02. The number of anilines is 1. The fourth-order valence-corrected chi connectivity index (χ4v) is 3.91. The van der Waals surface area contributed by atoms with E-state index in [0.717, 1.165) is 11.3 Å². The Balaban J connectivity index is 2.45. The minimum atomic E-state index is -3.69. The van der Waals surface area contributed by atoms with Crippen LogP contribution in [0.2, 0.25) is 0 Å². The lowest BCUT2D eigenvalue weighted by Crippen LogP contribution is -2.26. The van der Waals surface area contributed by atoms with Crippen LogP contribution in [-0.2, 0) is 14.6 Å². The lowest BCUT2D eigenvalue weighted by atomic mass is 10.3. The molecule has 0 saturated carbocycles. The number of rotatable bonds is 3. The molecule has 0 aliphatic heterocycles. The maximum Gasteiger partial charge on any atom is 0.235 e. The van der Waals surface area contributed by atoms with E-state index in [0.29, 0.717) is 15.9 Å². The SMILES string of the molecule is CNC(=O)CS(=O)(=O)c1nc2ccc(N)cc2s1. The summed E-state index contributed by atoms with van der Waals surface area (Å²) < 4.78 is 24.4. The molecule has 0 aliphatic rings. The van der Waals surface area contributed by atoms with Crippen LogP contribution in [0.25, 0.3) is 10.2 Å². The molecule has 0 radical (unpaired) electrons. The topological polar surface area (TPSA) is 102 Å². The van der Waals surface area contributed by atoms with E-state index in [-0.39, 0.29) is 4.34 Å². The zero-order valence-electron chi connectivity index (χ0n) is 9.50. The Bertz CT molecular complexity index is 706. The first-order chi connectivity index (χ1) is 8.42. The molecule has 1 aromatic heterocycles. The number of carbonyl (C=O) groups excluding carboxylic acids is 1. The van der Waals surface area contributed by atoms with Crippen molar-refractivity contribution in [3.05, 3.63) is 18.2 Å². The Morgan fingerprint density at radius 2 is 2.22 bits per heavy atom. The van der Waals surface area contributed by atoms with E-state index in [2.05, 4.69) is 10.3 Å². The Hall–Kier alpha value is -1.67. The van der Waals surface area contributed by atoms with Gasteiger partial charge in [0, 0.05) is 12.7 Å². The van der Waals surface area contributed by atoms with Crippen molar-refractivity contribution in [1.29, 1.82) is 0 Å². The van der Waals surface area contributed by atoms with Crippen LogP contribution < -0.4 is 11.1 Å². The van der Waals surface area contributed by atoms with Crippen molar-refractivity contribution in [2.45, 2.75) is 4.34 Å². The third-order valence-corrected chi connectivity index (χ3v) is 5.35. The normalized spacial score (nSPS) is 11.6. The second-order valence-corrected chi connectivity index (χ2v) is 6.83. The van der Waals surface area contributed by atoms with Crippen molar-refractivity contribution in [2.75, 3.05) is 18.5 Å². The number of sulfone groups is 1. The molecule has 0 fully saturated rings. The average molecular weight is 285 g/mol. The maximum atomic E-state index is 11.9. The third kappa shape index (κ3) is 2.44. The molecule has 6 nitrogen and oxygen atoms in total. The molecule has 0 aliphatic carbocycles. The van der Waals surface area contributed by atoms with Gasteiger partial charge in [0.15, 0.2) is 0 Å². The summed E-state index contributed by atoms with van der Waals surface area (Å²) in [5, 5.41) is 2.27. The smallest absolute Gasteiger partial charge is 0.235 e. The molecule has 0 unspecified atom stereocenters. The van der Waals surface area contributed by atoms with E-state index >= 15 is 0 Å². The van der Waals surface area contributed by atoms with Gasteiger partial charge in [-0.3, -0.25) is 4.79 Å². The molecule has 8 heteroatoms. The number of nitrogens with two attached hydrogens (primary N) is 1. The molecule has 2 rings (SSSR count). The van der Waals surface area contributed by atoms with Crippen molar-refractivity contribution in [3.63, 3.8) is 0 Å². The summed E-state index contributed by atoms with van der Waals surface area (Å²) >= 11 is 1.01. The Morgan fingerprint density at radius 1 is 1.50 bits per heavy atom. The quantitative estimate of drug-likeness (QED) is 0.795. The highest BCUT2D eigenvalue weighted by atomic mass is 32.2. The number of nitrogen functional groups attached to an aromatic ring is 1. The molecule has 2 aromatic rings. The number of amides is 1. The Kier molecular flexibility index (Phi) is 3.22. The fourth-order valence-electron chi connectivity index (χ4n) is 1.36. The molecular weight excluding hydrogens is 274 g/mol. The average Bonchev–Trinajstić information content (AvgIpc) is 2.71. The number of fused-ring (bicyclic) bond motifs is 1. The highest BCUT2D eigenvalue weighted by molar-refractivity contribution is 7.94. The van der Waals surface area contributed by atoms with Crippen molar-refractivity contribution in [1.82, 2.24) is 10.3 Å². The standard InChI is InChI=1S/C10H11N3O3S2/c1-12-9(14)5-18(15,16)10-13-7-3-2-6(11)4-8(7)17-10/h2-4H,5,11H2,1H3,(H,12,14). The molecule has 0 spiro atoms. The number of hydrogen-bond donors (Lipinski definition) is 2. The summed E-state index contributed by atoms with van der Waals surface area (Å²) in [6.45, 7) is 0. The second-order valence-electron chi connectivity index (χ2n) is 3.64. The van der Waals surface area contributed by atoms with Gasteiger partial charge in [0.1, 0.15) is 5.75 Å². The van der Waals surface area contributed by atoms with Gasteiger partial charge in [-0.2, -0.15) is 0 Å². The van der Waals surface area contributed by atoms with Crippen LogP contribution in [0.3, 0.4) is 0 Å². The molecular formula is C10H11N3O3S2. The van der Waals surface area contributed by atoms with Gasteiger partial charge in [-0.15, -0.1) is 11.3 Å². The number of nitrogens with zero attached hydrogens (tertiary/aromatic N) is 1. The predicted octanol–water partition coefficient (Wildman–Crippen LogP) is 0.398. The number of carbonyl (C=O) groups is 1. The molecule has 3 N–H and O–H groups in total. The summed E-state index contributed by atoms with van der Waals surface area (Å²) in [6.07, 6.45) is 0. The van der Waals surface area contributed by atoms with Gasteiger partial charge >= 0.3 is 0 Å². The van der Waals surface area contributed by atoms with Gasteiger partial charge < -0.3 is 11.1 Å². The minimum absolute atomic E-state index is 0.0632. The van der Waals surface area contributed by atoms with Gasteiger partial charge in [0.2, 0.25) is 20.1 Å². The first-order valence-corrected chi connectivity index (χ1v) is 7.48. The number of aromatic nitrogens is 1.